The Morgan fingerprint density at radius 2 is 2.12 bits per heavy atom. The zero-order valence-electron chi connectivity index (χ0n) is 14.5. The van der Waals surface area contributed by atoms with Gasteiger partial charge < -0.3 is 14.6 Å². The lowest BCUT2D eigenvalue weighted by Gasteiger charge is -2.20. The molecule has 6 heteroatoms. The lowest BCUT2D eigenvalue weighted by atomic mass is 10.0. The molecule has 2 atom stereocenters. The number of aromatic nitrogens is 3. The molecule has 4 rings (SSSR count). The molecular weight excluding hydrogens is 304 g/mol. The van der Waals surface area contributed by atoms with E-state index in [1.54, 1.807) is 0 Å². The van der Waals surface area contributed by atoms with E-state index in [0.29, 0.717) is 30.8 Å². The van der Waals surface area contributed by atoms with E-state index in [2.05, 4.69) is 34.8 Å². The molecule has 0 bridgehead atoms. The smallest absolute Gasteiger partial charge is 0.240 e. The van der Waals surface area contributed by atoms with Gasteiger partial charge in [-0.15, -0.1) is 0 Å². The van der Waals surface area contributed by atoms with Crippen LogP contribution in [0.5, 0.6) is 5.88 Å². The molecule has 1 aliphatic heterocycles. The van der Waals surface area contributed by atoms with E-state index in [4.69, 9.17) is 9.72 Å². The van der Waals surface area contributed by atoms with Gasteiger partial charge >= 0.3 is 0 Å². The first kappa shape index (κ1) is 15.4. The van der Waals surface area contributed by atoms with Crippen LogP contribution < -0.4 is 10.1 Å². The third-order valence-corrected chi connectivity index (χ3v) is 5.04. The highest BCUT2D eigenvalue weighted by atomic mass is 16.5. The lowest BCUT2D eigenvalue weighted by molar-refractivity contribution is -0.119. The summed E-state index contributed by atoms with van der Waals surface area (Å²) < 4.78 is 8.46. The molecule has 1 saturated heterocycles. The average molecular weight is 328 g/mol. The standard InChI is InChI=1S/C18H24N4O2/c1-10(2)14-7-15-17(22(9-20-15)13-4-5-13)18(21-14)24-11(3)12-6-16(23)19-8-12/h7,9-13H,4-6,8H2,1-3H3,(H,19,23)/t11-,12-/m1/s1. The molecule has 2 aromatic rings. The minimum Gasteiger partial charge on any atom is -0.473 e. The molecule has 1 amide bonds. The summed E-state index contributed by atoms with van der Waals surface area (Å²) in [6, 6.07) is 2.59. The third-order valence-electron chi connectivity index (χ3n) is 5.04. The second kappa shape index (κ2) is 5.76. The van der Waals surface area contributed by atoms with E-state index < -0.39 is 0 Å². The Labute approximate surface area is 141 Å². The molecule has 1 aliphatic carbocycles. The highest BCUT2D eigenvalue weighted by Crippen LogP contribution is 2.40. The molecule has 1 N–H and O–H groups in total. The second-order valence-electron chi connectivity index (χ2n) is 7.35. The molecule has 2 fully saturated rings. The topological polar surface area (TPSA) is 69.0 Å². The van der Waals surface area contributed by atoms with Gasteiger partial charge in [0.05, 0.1) is 11.8 Å². The van der Waals surface area contributed by atoms with Crippen LogP contribution in [0, 0.1) is 5.92 Å². The lowest BCUT2D eigenvalue weighted by Crippen LogP contribution is -2.26. The van der Waals surface area contributed by atoms with Crippen LogP contribution in [0.4, 0.5) is 0 Å². The van der Waals surface area contributed by atoms with Crippen LogP contribution in [0.3, 0.4) is 0 Å². The van der Waals surface area contributed by atoms with Crippen LogP contribution in [0.25, 0.3) is 11.0 Å². The van der Waals surface area contributed by atoms with Crippen LogP contribution in [-0.4, -0.2) is 33.1 Å². The fourth-order valence-electron chi connectivity index (χ4n) is 3.28. The predicted octanol–water partition coefficient (Wildman–Crippen LogP) is 2.79. The zero-order valence-corrected chi connectivity index (χ0v) is 14.5. The maximum atomic E-state index is 11.5. The summed E-state index contributed by atoms with van der Waals surface area (Å²) in [5.74, 6) is 1.27. The molecule has 2 aliphatic rings. The van der Waals surface area contributed by atoms with Crippen molar-refractivity contribution in [1.82, 2.24) is 19.9 Å². The first-order valence-electron chi connectivity index (χ1n) is 8.83. The van der Waals surface area contributed by atoms with Crippen molar-refractivity contribution in [3.05, 3.63) is 18.1 Å². The van der Waals surface area contributed by atoms with Crippen molar-refractivity contribution in [2.45, 2.75) is 58.1 Å². The van der Waals surface area contributed by atoms with Crippen molar-refractivity contribution < 1.29 is 9.53 Å². The number of imidazole rings is 1. The normalized spacial score (nSPS) is 22.2. The van der Waals surface area contributed by atoms with E-state index in [1.165, 1.54) is 12.8 Å². The summed E-state index contributed by atoms with van der Waals surface area (Å²) in [7, 11) is 0. The van der Waals surface area contributed by atoms with E-state index in [9.17, 15) is 4.79 Å². The number of nitrogens with zero attached hydrogens (tertiary/aromatic N) is 3. The maximum Gasteiger partial charge on any atom is 0.240 e. The number of nitrogens with one attached hydrogen (secondary N) is 1. The summed E-state index contributed by atoms with van der Waals surface area (Å²) in [5.41, 5.74) is 2.93. The monoisotopic (exact) mass is 328 g/mol. The highest BCUT2D eigenvalue weighted by molar-refractivity contribution is 5.81. The van der Waals surface area contributed by atoms with Gasteiger partial charge in [-0.25, -0.2) is 9.97 Å². The van der Waals surface area contributed by atoms with Gasteiger partial charge in [0.15, 0.2) is 0 Å². The molecule has 0 radical (unpaired) electrons. The Kier molecular flexibility index (Phi) is 3.70. The summed E-state index contributed by atoms with van der Waals surface area (Å²) in [4.78, 5) is 20.8. The Morgan fingerprint density at radius 1 is 1.33 bits per heavy atom. The predicted molar refractivity (Wildman–Crippen MR) is 91.1 cm³/mol. The minimum absolute atomic E-state index is 0.0652. The van der Waals surface area contributed by atoms with Crippen LogP contribution in [0.1, 0.15) is 57.7 Å². The number of pyridine rings is 1. The number of fused-ring (bicyclic) bond motifs is 1. The number of carbonyl (C=O) groups excluding carboxylic acids is 1. The highest BCUT2D eigenvalue weighted by Gasteiger charge is 2.31. The van der Waals surface area contributed by atoms with Crippen LogP contribution in [0.15, 0.2) is 12.4 Å². The Hall–Kier alpha value is -2.11. The quantitative estimate of drug-likeness (QED) is 0.916. The third kappa shape index (κ3) is 2.74. The van der Waals surface area contributed by atoms with Gasteiger partial charge in [0.2, 0.25) is 11.8 Å². The first-order chi connectivity index (χ1) is 11.5. The van der Waals surface area contributed by atoms with Crippen LogP contribution >= 0.6 is 0 Å². The summed E-state index contributed by atoms with van der Waals surface area (Å²) in [6.45, 7) is 6.95. The van der Waals surface area contributed by atoms with Crippen molar-refractivity contribution in [2.75, 3.05) is 6.54 Å². The Bertz CT molecular complexity index is 779. The fourth-order valence-corrected chi connectivity index (χ4v) is 3.28. The fraction of sp³-hybridized carbons (Fsp3) is 0.611. The molecular formula is C18H24N4O2. The van der Waals surface area contributed by atoms with Gasteiger partial charge in [-0.05, 0) is 31.7 Å². The number of hydrogen-bond donors (Lipinski definition) is 1. The van der Waals surface area contributed by atoms with Gasteiger partial charge in [-0.2, -0.15) is 0 Å². The Morgan fingerprint density at radius 3 is 2.75 bits per heavy atom. The van der Waals surface area contributed by atoms with Gasteiger partial charge in [-0.3, -0.25) is 4.79 Å². The number of carbonyl (C=O) groups is 1. The number of ether oxygens (including phenoxy) is 1. The molecule has 0 spiro atoms. The number of amides is 1. The minimum atomic E-state index is -0.0652. The van der Waals surface area contributed by atoms with Crippen molar-refractivity contribution in [3.63, 3.8) is 0 Å². The van der Waals surface area contributed by atoms with E-state index in [-0.39, 0.29) is 17.9 Å². The van der Waals surface area contributed by atoms with Crippen LogP contribution in [-0.2, 0) is 4.79 Å². The number of hydrogen-bond acceptors (Lipinski definition) is 4. The molecule has 6 nitrogen and oxygen atoms in total. The summed E-state index contributed by atoms with van der Waals surface area (Å²) in [6.07, 6.45) is 4.74. The van der Waals surface area contributed by atoms with Crippen molar-refractivity contribution in [1.29, 1.82) is 0 Å². The van der Waals surface area contributed by atoms with Crippen molar-refractivity contribution >= 4 is 16.9 Å². The Balaban J connectivity index is 1.71. The SMILES string of the molecule is CC(C)c1cc2ncn(C3CC3)c2c(O[C@H](C)[C@H]2CNC(=O)C2)n1. The van der Waals surface area contributed by atoms with Gasteiger partial charge in [0.25, 0.3) is 0 Å². The number of rotatable bonds is 5. The zero-order chi connectivity index (χ0) is 16.8. The van der Waals surface area contributed by atoms with E-state index in [1.807, 2.05) is 13.3 Å². The summed E-state index contributed by atoms with van der Waals surface area (Å²) in [5, 5.41) is 2.88. The van der Waals surface area contributed by atoms with Gasteiger partial charge in [0.1, 0.15) is 11.6 Å². The maximum absolute atomic E-state index is 11.5. The van der Waals surface area contributed by atoms with Crippen molar-refractivity contribution in [2.24, 2.45) is 5.92 Å². The molecule has 0 unspecified atom stereocenters. The second-order valence-corrected chi connectivity index (χ2v) is 7.35. The molecule has 1 saturated carbocycles. The van der Waals surface area contributed by atoms with Crippen LogP contribution in [0.2, 0.25) is 0 Å². The molecule has 0 aromatic carbocycles. The molecule has 24 heavy (non-hydrogen) atoms. The van der Waals surface area contributed by atoms with E-state index in [0.717, 1.165) is 16.7 Å². The van der Waals surface area contributed by atoms with E-state index >= 15 is 0 Å². The largest absolute Gasteiger partial charge is 0.473 e. The van der Waals surface area contributed by atoms with Gasteiger partial charge in [-0.1, -0.05) is 13.8 Å². The molecule has 2 aromatic heterocycles. The van der Waals surface area contributed by atoms with Gasteiger partial charge in [0, 0.05) is 30.6 Å². The van der Waals surface area contributed by atoms with Crippen molar-refractivity contribution in [3.8, 4) is 5.88 Å². The summed E-state index contributed by atoms with van der Waals surface area (Å²) >= 11 is 0. The average Bonchev–Trinajstić information content (AvgIpc) is 3.14. The first-order valence-corrected chi connectivity index (χ1v) is 8.83. The molecule has 128 valence electrons. The molecule has 3 heterocycles.